The predicted molar refractivity (Wildman–Crippen MR) is 43.5 cm³/mol. The largest absolute Gasteiger partial charge is 0.395 e. The van der Waals surface area contributed by atoms with Gasteiger partial charge in [0.25, 0.3) is 0 Å². The lowest BCUT2D eigenvalue weighted by molar-refractivity contribution is 0.311. The van der Waals surface area contributed by atoms with Crippen LogP contribution < -0.4 is 5.32 Å². The molecule has 1 heterocycles. The summed E-state index contributed by atoms with van der Waals surface area (Å²) in [5.74, 6) is 0.819. The fourth-order valence-corrected chi connectivity index (χ4v) is 0.831. The van der Waals surface area contributed by atoms with Crippen LogP contribution in [0.5, 0.6) is 0 Å². The minimum absolute atomic E-state index is 0.135. The molecule has 0 saturated carbocycles. The average Bonchev–Trinajstić information content (AvgIpc) is 2.28. The van der Waals surface area contributed by atoms with Crippen molar-refractivity contribution >= 4 is 5.82 Å². The Morgan fingerprint density at radius 1 is 1.73 bits per heavy atom. The van der Waals surface area contributed by atoms with Gasteiger partial charge in [0, 0.05) is 25.4 Å². The standard InChI is InChI=1S/C7H13N3O/c1-6-5-7(8-3-4-11)9-10(6)2/h5,11H,3-4H2,1-2H3,(H,8,9). The number of aryl methyl sites for hydroxylation is 2. The quantitative estimate of drug-likeness (QED) is 0.652. The van der Waals surface area contributed by atoms with E-state index in [1.165, 1.54) is 0 Å². The number of aliphatic hydroxyl groups is 1. The first kappa shape index (κ1) is 8.07. The molecular weight excluding hydrogens is 142 g/mol. The van der Waals surface area contributed by atoms with Crippen molar-refractivity contribution in [2.45, 2.75) is 6.92 Å². The Morgan fingerprint density at radius 3 is 2.91 bits per heavy atom. The summed E-state index contributed by atoms with van der Waals surface area (Å²) >= 11 is 0. The van der Waals surface area contributed by atoms with E-state index in [4.69, 9.17) is 5.11 Å². The third-order valence-corrected chi connectivity index (χ3v) is 1.53. The van der Waals surface area contributed by atoms with Gasteiger partial charge in [-0.05, 0) is 6.92 Å². The van der Waals surface area contributed by atoms with Gasteiger partial charge in [0.05, 0.1) is 6.61 Å². The molecule has 0 aliphatic heterocycles. The summed E-state index contributed by atoms with van der Waals surface area (Å²) in [6, 6.07) is 1.94. The normalized spacial score (nSPS) is 10.1. The Hall–Kier alpha value is -1.03. The van der Waals surface area contributed by atoms with Crippen LogP contribution >= 0.6 is 0 Å². The second-order valence-corrected chi connectivity index (χ2v) is 2.44. The van der Waals surface area contributed by atoms with E-state index in [0.29, 0.717) is 6.54 Å². The van der Waals surface area contributed by atoms with E-state index in [-0.39, 0.29) is 6.61 Å². The molecule has 0 saturated heterocycles. The molecule has 0 aromatic carbocycles. The molecule has 4 nitrogen and oxygen atoms in total. The molecule has 0 amide bonds. The molecule has 0 fully saturated rings. The van der Waals surface area contributed by atoms with Crippen molar-refractivity contribution in [3.05, 3.63) is 11.8 Å². The first-order valence-corrected chi connectivity index (χ1v) is 3.59. The van der Waals surface area contributed by atoms with Crippen molar-refractivity contribution in [2.75, 3.05) is 18.5 Å². The zero-order valence-corrected chi connectivity index (χ0v) is 6.83. The number of hydrogen-bond acceptors (Lipinski definition) is 3. The van der Waals surface area contributed by atoms with Gasteiger partial charge in [0.1, 0.15) is 5.82 Å². The van der Waals surface area contributed by atoms with Gasteiger partial charge >= 0.3 is 0 Å². The summed E-state index contributed by atoms with van der Waals surface area (Å²) in [6.07, 6.45) is 0. The van der Waals surface area contributed by atoms with E-state index in [2.05, 4.69) is 10.4 Å². The maximum Gasteiger partial charge on any atom is 0.148 e. The van der Waals surface area contributed by atoms with Crippen LogP contribution in [0.3, 0.4) is 0 Å². The van der Waals surface area contributed by atoms with Crippen molar-refractivity contribution < 1.29 is 5.11 Å². The molecule has 0 atom stereocenters. The second-order valence-electron chi connectivity index (χ2n) is 2.44. The van der Waals surface area contributed by atoms with Crippen LogP contribution in [-0.4, -0.2) is 28.0 Å². The van der Waals surface area contributed by atoms with Crippen LogP contribution in [0.2, 0.25) is 0 Å². The zero-order valence-electron chi connectivity index (χ0n) is 6.83. The minimum atomic E-state index is 0.135. The lowest BCUT2D eigenvalue weighted by Gasteiger charge is -1.96. The zero-order chi connectivity index (χ0) is 8.27. The fraction of sp³-hybridized carbons (Fsp3) is 0.571. The molecule has 1 aromatic heterocycles. The smallest absolute Gasteiger partial charge is 0.148 e. The van der Waals surface area contributed by atoms with Gasteiger partial charge in [-0.1, -0.05) is 0 Å². The minimum Gasteiger partial charge on any atom is -0.395 e. The van der Waals surface area contributed by atoms with Crippen LogP contribution in [0, 0.1) is 6.92 Å². The first-order chi connectivity index (χ1) is 5.24. The van der Waals surface area contributed by atoms with Crippen molar-refractivity contribution in [1.82, 2.24) is 9.78 Å². The van der Waals surface area contributed by atoms with Gasteiger partial charge < -0.3 is 10.4 Å². The van der Waals surface area contributed by atoms with Crippen LogP contribution in [0.1, 0.15) is 5.69 Å². The first-order valence-electron chi connectivity index (χ1n) is 3.59. The number of aromatic nitrogens is 2. The summed E-state index contributed by atoms with van der Waals surface area (Å²) in [7, 11) is 1.89. The third kappa shape index (κ3) is 1.94. The van der Waals surface area contributed by atoms with Gasteiger partial charge in [-0.25, -0.2) is 0 Å². The number of nitrogens with zero attached hydrogens (tertiary/aromatic N) is 2. The Balaban J connectivity index is 2.58. The molecule has 0 spiro atoms. The second kappa shape index (κ2) is 3.39. The summed E-state index contributed by atoms with van der Waals surface area (Å²) in [6.45, 7) is 2.67. The molecule has 0 aliphatic rings. The summed E-state index contributed by atoms with van der Waals surface area (Å²) in [4.78, 5) is 0. The van der Waals surface area contributed by atoms with E-state index < -0.39 is 0 Å². The Kier molecular flexibility index (Phi) is 2.48. The third-order valence-electron chi connectivity index (χ3n) is 1.53. The lowest BCUT2D eigenvalue weighted by Crippen LogP contribution is -2.06. The van der Waals surface area contributed by atoms with Crippen molar-refractivity contribution in [2.24, 2.45) is 7.05 Å². The van der Waals surface area contributed by atoms with E-state index in [1.54, 1.807) is 4.68 Å². The van der Waals surface area contributed by atoms with Crippen LogP contribution in [-0.2, 0) is 7.05 Å². The maximum absolute atomic E-state index is 8.51. The molecule has 2 N–H and O–H groups in total. The summed E-state index contributed by atoms with van der Waals surface area (Å²) in [5, 5.41) is 15.6. The number of hydrogen-bond donors (Lipinski definition) is 2. The fourth-order valence-electron chi connectivity index (χ4n) is 0.831. The van der Waals surface area contributed by atoms with Gasteiger partial charge in [-0.2, -0.15) is 5.10 Å². The van der Waals surface area contributed by atoms with Crippen molar-refractivity contribution in [3.63, 3.8) is 0 Å². The molecule has 62 valence electrons. The van der Waals surface area contributed by atoms with E-state index in [0.717, 1.165) is 11.5 Å². The highest BCUT2D eigenvalue weighted by atomic mass is 16.3. The number of rotatable bonds is 3. The van der Waals surface area contributed by atoms with Gasteiger partial charge in [-0.15, -0.1) is 0 Å². The molecule has 1 aromatic rings. The highest BCUT2D eigenvalue weighted by Crippen LogP contribution is 2.05. The van der Waals surface area contributed by atoms with Crippen molar-refractivity contribution in [3.8, 4) is 0 Å². The van der Waals surface area contributed by atoms with Gasteiger partial charge in [0.15, 0.2) is 0 Å². The maximum atomic E-state index is 8.51. The average molecular weight is 155 g/mol. The van der Waals surface area contributed by atoms with Gasteiger partial charge in [-0.3, -0.25) is 4.68 Å². The number of nitrogens with one attached hydrogen (secondary N) is 1. The Morgan fingerprint density at radius 2 is 2.45 bits per heavy atom. The lowest BCUT2D eigenvalue weighted by atomic mass is 10.4. The molecule has 4 heteroatoms. The molecule has 1 rings (SSSR count). The summed E-state index contributed by atoms with van der Waals surface area (Å²) < 4.78 is 1.79. The van der Waals surface area contributed by atoms with Crippen LogP contribution in [0.4, 0.5) is 5.82 Å². The van der Waals surface area contributed by atoms with Crippen molar-refractivity contribution in [1.29, 1.82) is 0 Å². The molecule has 0 bridgehead atoms. The molecule has 0 aliphatic carbocycles. The highest BCUT2D eigenvalue weighted by Gasteiger charge is 1.97. The summed E-state index contributed by atoms with van der Waals surface area (Å²) in [5.41, 5.74) is 1.10. The molecular formula is C7H13N3O. The number of aliphatic hydroxyl groups excluding tert-OH is 1. The topological polar surface area (TPSA) is 50.1 Å². The number of anilines is 1. The highest BCUT2D eigenvalue weighted by molar-refractivity contribution is 5.35. The van der Waals surface area contributed by atoms with E-state index in [1.807, 2.05) is 20.0 Å². The van der Waals surface area contributed by atoms with Gasteiger partial charge in [0.2, 0.25) is 0 Å². The van der Waals surface area contributed by atoms with Crippen LogP contribution in [0.15, 0.2) is 6.07 Å². The Labute approximate surface area is 65.8 Å². The Bertz CT molecular complexity index is 212. The molecule has 0 radical (unpaired) electrons. The van der Waals surface area contributed by atoms with E-state index in [9.17, 15) is 0 Å². The molecule has 11 heavy (non-hydrogen) atoms. The van der Waals surface area contributed by atoms with Crippen LogP contribution in [0.25, 0.3) is 0 Å². The monoisotopic (exact) mass is 155 g/mol. The predicted octanol–water partition coefficient (Wildman–Crippen LogP) is 0.133. The van der Waals surface area contributed by atoms with E-state index >= 15 is 0 Å². The molecule has 0 unspecified atom stereocenters. The SMILES string of the molecule is Cc1cc(NCCO)nn1C.